The third kappa shape index (κ3) is 2.81. The number of amides is 2. The number of carbonyl (C=O) groups is 3. The van der Waals surface area contributed by atoms with Gasteiger partial charge >= 0.3 is 0 Å². The first-order valence-corrected chi connectivity index (χ1v) is 11.6. The summed E-state index contributed by atoms with van der Waals surface area (Å²) in [6, 6.07) is 16.5. The molecule has 4 aliphatic rings. The van der Waals surface area contributed by atoms with Crippen LogP contribution in [0.15, 0.2) is 72.9 Å². The molecule has 4 atom stereocenters. The molecule has 0 bridgehead atoms. The second-order valence-electron chi connectivity index (χ2n) is 9.25. The van der Waals surface area contributed by atoms with Crippen LogP contribution >= 0.6 is 0 Å². The van der Waals surface area contributed by atoms with Crippen molar-refractivity contribution >= 4 is 29.4 Å². The van der Waals surface area contributed by atoms with Gasteiger partial charge in [0.2, 0.25) is 18.6 Å². The number of hydrogen-bond donors (Lipinski definition) is 0. The zero-order chi connectivity index (χ0) is 24.6. The summed E-state index contributed by atoms with van der Waals surface area (Å²) in [5, 5.41) is 0. The number of benzene rings is 3. The van der Waals surface area contributed by atoms with E-state index in [1.165, 1.54) is 24.3 Å². The van der Waals surface area contributed by atoms with E-state index in [0.717, 1.165) is 16.0 Å². The Morgan fingerprint density at radius 3 is 2.47 bits per heavy atom. The second kappa shape index (κ2) is 7.52. The number of imide groups is 1. The fourth-order valence-corrected chi connectivity index (χ4v) is 5.92. The van der Waals surface area contributed by atoms with Crippen LogP contribution in [-0.4, -0.2) is 35.3 Å². The molecule has 7 nitrogen and oxygen atoms in total. The minimum atomic E-state index is -0.902. The Morgan fingerprint density at radius 1 is 0.889 bits per heavy atom. The topological polar surface area (TPSA) is 76.1 Å². The summed E-state index contributed by atoms with van der Waals surface area (Å²) in [4.78, 5) is 44.6. The normalized spacial score (nSPS) is 25.1. The number of ether oxygens (including phenoxy) is 2. The summed E-state index contributed by atoms with van der Waals surface area (Å²) < 4.78 is 24.4. The van der Waals surface area contributed by atoms with Crippen molar-refractivity contribution < 1.29 is 28.2 Å². The van der Waals surface area contributed by atoms with Crippen LogP contribution in [-0.2, 0) is 9.59 Å². The van der Waals surface area contributed by atoms with Crippen molar-refractivity contribution in [3.05, 3.63) is 95.4 Å². The van der Waals surface area contributed by atoms with Crippen molar-refractivity contribution in [2.24, 2.45) is 11.8 Å². The van der Waals surface area contributed by atoms with Gasteiger partial charge in [-0.3, -0.25) is 14.4 Å². The summed E-state index contributed by atoms with van der Waals surface area (Å²) >= 11 is 0. The molecular weight excluding hydrogens is 463 g/mol. The van der Waals surface area contributed by atoms with Crippen molar-refractivity contribution in [1.29, 1.82) is 0 Å². The maximum atomic E-state index is 14.0. The van der Waals surface area contributed by atoms with Crippen LogP contribution in [0.5, 0.6) is 11.5 Å². The number of halogens is 1. The third-order valence-electron chi connectivity index (χ3n) is 7.47. The van der Waals surface area contributed by atoms with Crippen molar-refractivity contribution in [2.45, 2.75) is 12.1 Å². The highest BCUT2D eigenvalue weighted by atomic mass is 19.1. The molecule has 0 unspecified atom stereocenters. The van der Waals surface area contributed by atoms with Crippen molar-refractivity contribution in [3.8, 4) is 11.5 Å². The standard InChI is InChI=1S/C28H19FN2O5/c29-17-6-8-18(9-7-17)31-27(33)22-23(28(31)34)25(26(32)16-5-10-20-21(13-16)36-14-35-20)30-12-11-15-3-1-2-4-19(15)24(22)30/h1-13,22-25H,14H2/t22-,23-,24-,25+/m1/s1. The van der Waals surface area contributed by atoms with E-state index in [1.807, 2.05) is 41.4 Å². The highest BCUT2D eigenvalue weighted by Gasteiger charge is 2.64. The van der Waals surface area contributed by atoms with Crippen LogP contribution in [0.4, 0.5) is 10.1 Å². The molecule has 2 saturated heterocycles. The van der Waals surface area contributed by atoms with Gasteiger partial charge in [0.15, 0.2) is 17.3 Å². The average Bonchev–Trinajstić information content (AvgIpc) is 3.57. The van der Waals surface area contributed by atoms with Gasteiger partial charge in [0, 0.05) is 11.8 Å². The van der Waals surface area contributed by atoms with E-state index < -0.39 is 41.6 Å². The van der Waals surface area contributed by atoms with Gasteiger partial charge in [-0.25, -0.2) is 9.29 Å². The van der Waals surface area contributed by atoms with Crippen molar-refractivity contribution in [1.82, 2.24) is 4.90 Å². The summed E-state index contributed by atoms with van der Waals surface area (Å²) in [5.74, 6) is -2.25. The minimum absolute atomic E-state index is 0.0778. The van der Waals surface area contributed by atoms with Gasteiger partial charge in [0.05, 0.1) is 23.6 Å². The summed E-state index contributed by atoms with van der Waals surface area (Å²) in [6.07, 6.45) is 3.71. The van der Waals surface area contributed by atoms with Crippen molar-refractivity contribution in [2.75, 3.05) is 11.7 Å². The minimum Gasteiger partial charge on any atom is -0.454 e. The largest absolute Gasteiger partial charge is 0.454 e. The van der Waals surface area contributed by atoms with Crippen LogP contribution in [0.1, 0.15) is 27.5 Å². The van der Waals surface area contributed by atoms with E-state index in [2.05, 4.69) is 0 Å². The number of Topliss-reactive ketones (excluding diaryl/α,β-unsaturated/α-hetero) is 1. The third-order valence-corrected chi connectivity index (χ3v) is 7.47. The Morgan fingerprint density at radius 2 is 1.64 bits per heavy atom. The zero-order valence-corrected chi connectivity index (χ0v) is 18.8. The van der Waals surface area contributed by atoms with Gasteiger partial charge in [-0.05, 0) is 59.7 Å². The lowest BCUT2D eigenvalue weighted by atomic mass is 9.83. The molecule has 8 heteroatoms. The first-order valence-electron chi connectivity index (χ1n) is 11.6. The monoisotopic (exact) mass is 482 g/mol. The summed E-state index contributed by atoms with van der Waals surface area (Å²) in [5.41, 5.74) is 2.49. The molecule has 4 aliphatic heterocycles. The molecule has 0 radical (unpaired) electrons. The lowest BCUT2D eigenvalue weighted by molar-refractivity contribution is -0.123. The molecule has 0 aromatic heterocycles. The quantitative estimate of drug-likeness (QED) is 0.416. The van der Waals surface area contributed by atoms with Crippen LogP contribution in [0.3, 0.4) is 0 Å². The maximum Gasteiger partial charge on any atom is 0.240 e. The average molecular weight is 482 g/mol. The predicted molar refractivity (Wildman–Crippen MR) is 127 cm³/mol. The first-order chi connectivity index (χ1) is 17.5. The van der Waals surface area contributed by atoms with Gasteiger partial charge < -0.3 is 14.4 Å². The molecule has 36 heavy (non-hydrogen) atoms. The Bertz CT molecular complexity index is 1480. The molecule has 7 rings (SSSR count). The molecule has 2 fully saturated rings. The molecule has 3 aromatic carbocycles. The van der Waals surface area contributed by atoms with E-state index in [4.69, 9.17) is 9.47 Å². The molecule has 0 aliphatic carbocycles. The molecule has 2 amide bonds. The highest BCUT2D eigenvalue weighted by Crippen LogP contribution is 2.53. The van der Waals surface area contributed by atoms with Gasteiger partial charge in [-0.1, -0.05) is 24.3 Å². The van der Waals surface area contributed by atoms with E-state index in [-0.39, 0.29) is 12.6 Å². The van der Waals surface area contributed by atoms with E-state index in [0.29, 0.717) is 22.7 Å². The van der Waals surface area contributed by atoms with Gasteiger partial charge in [0.25, 0.3) is 0 Å². The molecular formula is C28H19FN2O5. The molecule has 0 N–H and O–H groups in total. The molecule has 0 spiro atoms. The fourth-order valence-electron chi connectivity index (χ4n) is 5.92. The lowest BCUT2D eigenvalue weighted by Gasteiger charge is -2.35. The van der Waals surface area contributed by atoms with Crippen LogP contribution in [0.2, 0.25) is 0 Å². The van der Waals surface area contributed by atoms with Crippen LogP contribution in [0, 0.1) is 17.7 Å². The van der Waals surface area contributed by atoms with E-state index in [1.54, 1.807) is 18.2 Å². The summed E-state index contributed by atoms with van der Waals surface area (Å²) in [6.45, 7) is 0.0778. The number of ketones is 1. The Balaban J connectivity index is 1.36. The van der Waals surface area contributed by atoms with Crippen LogP contribution in [0.25, 0.3) is 6.08 Å². The first kappa shape index (κ1) is 20.9. The number of fused-ring (bicyclic) bond motifs is 6. The van der Waals surface area contributed by atoms with Crippen LogP contribution < -0.4 is 14.4 Å². The Kier molecular flexibility index (Phi) is 4.36. The number of carbonyl (C=O) groups excluding carboxylic acids is 3. The number of anilines is 1. The lowest BCUT2D eigenvalue weighted by Crippen LogP contribution is -2.44. The van der Waals surface area contributed by atoms with Gasteiger partial charge in [-0.15, -0.1) is 0 Å². The molecule has 178 valence electrons. The SMILES string of the molecule is O=C(c1ccc2c(c1)OCO2)[C@@H]1[C@@H]2C(=O)N(c3ccc(F)cc3)C(=O)[C@H]2[C@H]2c3ccccc3C=CN12. The van der Waals surface area contributed by atoms with Gasteiger partial charge in [-0.2, -0.15) is 0 Å². The van der Waals surface area contributed by atoms with Gasteiger partial charge in [0.1, 0.15) is 11.9 Å². The Hall–Kier alpha value is -4.46. The zero-order valence-electron chi connectivity index (χ0n) is 18.8. The number of hydrogen-bond acceptors (Lipinski definition) is 6. The second-order valence-corrected chi connectivity index (χ2v) is 9.25. The number of nitrogens with zero attached hydrogens (tertiary/aromatic N) is 2. The number of rotatable bonds is 3. The van der Waals surface area contributed by atoms with E-state index in [9.17, 15) is 18.8 Å². The highest BCUT2D eigenvalue weighted by molar-refractivity contribution is 6.24. The molecule has 4 heterocycles. The summed E-state index contributed by atoms with van der Waals surface area (Å²) in [7, 11) is 0. The maximum absolute atomic E-state index is 14.0. The van der Waals surface area contributed by atoms with E-state index >= 15 is 0 Å². The fraction of sp³-hybridized carbons (Fsp3) is 0.179. The predicted octanol–water partition coefficient (Wildman–Crippen LogP) is 3.95. The molecule has 0 saturated carbocycles. The van der Waals surface area contributed by atoms with Crippen molar-refractivity contribution in [3.63, 3.8) is 0 Å². The smallest absolute Gasteiger partial charge is 0.240 e. The molecule has 3 aromatic rings. The Labute approximate surface area is 205 Å².